The van der Waals surface area contributed by atoms with E-state index in [9.17, 15) is 18.0 Å². The molecule has 9 heteroatoms. The van der Waals surface area contributed by atoms with E-state index in [1.807, 2.05) is 0 Å². The molecule has 2 aromatic carbocycles. The third kappa shape index (κ3) is 3.26. The van der Waals surface area contributed by atoms with E-state index in [-0.39, 0.29) is 22.0 Å². The molecule has 25 heavy (non-hydrogen) atoms. The molecule has 0 unspecified atom stereocenters. The minimum absolute atomic E-state index is 0.00403. The van der Waals surface area contributed by atoms with E-state index in [2.05, 4.69) is 0 Å². The Morgan fingerprint density at radius 2 is 1.88 bits per heavy atom. The van der Waals surface area contributed by atoms with Crippen LogP contribution in [0.3, 0.4) is 0 Å². The number of carbonyl (C=O) groups excluding carboxylic acids is 2. The molecule has 2 aromatic rings. The Morgan fingerprint density at radius 1 is 1.20 bits per heavy atom. The zero-order valence-corrected chi connectivity index (χ0v) is 14.7. The van der Waals surface area contributed by atoms with Gasteiger partial charge in [-0.15, -0.1) is 0 Å². The summed E-state index contributed by atoms with van der Waals surface area (Å²) in [5.74, 6) is -0.683. The number of anilines is 1. The summed E-state index contributed by atoms with van der Waals surface area (Å²) in [6, 6.07) is 10.4. The van der Waals surface area contributed by atoms with E-state index in [1.165, 1.54) is 48.9 Å². The summed E-state index contributed by atoms with van der Waals surface area (Å²) < 4.78 is 26.7. The molecule has 0 saturated heterocycles. The van der Waals surface area contributed by atoms with Gasteiger partial charge in [0.1, 0.15) is 0 Å². The lowest BCUT2D eigenvalue weighted by molar-refractivity contribution is -0.110. The van der Waals surface area contributed by atoms with Gasteiger partial charge >= 0.3 is 0 Å². The molecule has 0 radical (unpaired) electrons. The van der Waals surface area contributed by atoms with Gasteiger partial charge in [-0.25, -0.2) is 13.9 Å². The third-order valence-corrected chi connectivity index (χ3v) is 6.62. The van der Waals surface area contributed by atoms with Crippen LogP contribution in [-0.4, -0.2) is 31.7 Å². The number of sulfonamides is 1. The van der Waals surface area contributed by atoms with Gasteiger partial charge in [-0.05, 0) is 48.0 Å². The van der Waals surface area contributed by atoms with Crippen molar-refractivity contribution in [1.29, 1.82) is 0 Å². The van der Waals surface area contributed by atoms with Crippen LogP contribution in [0.15, 0.2) is 52.3 Å². The van der Waals surface area contributed by atoms with Gasteiger partial charge in [0.15, 0.2) is 5.12 Å². The first-order valence-electron chi connectivity index (χ1n) is 7.20. The number of nitrogens with one attached hydrogen (secondary N) is 1. The number of hydrogen-bond acceptors (Lipinski definition) is 6. The molecule has 2 N–H and O–H groups in total. The number of nitrogens with zero attached hydrogens (tertiary/aromatic N) is 1. The highest BCUT2D eigenvalue weighted by Crippen LogP contribution is 2.34. The molecular weight excluding hydrogens is 364 g/mol. The molecule has 7 nitrogen and oxygen atoms in total. The molecule has 1 heterocycles. The highest BCUT2D eigenvalue weighted by molar-refractivity contribution is 8.14. The maximum atomic E-state index is 12.8. The van der Waals surface area contributed by atoms with Crippen LogP contribution in [0, 0.1) is 0 Å². The van der Waals surface area contributed by atoms with E-state index < -0.39 is 15.9 Å². The van der Waals surface area contributed by atoms with Crippen molar-refractivity contribution in [2.45, 2.75) is 16.2 Å². The predicted octanol–water partition coefficient (Wildman–Crippen LogP) is 1.81. The summed E-state index contributed by atoms with van der Waals surface area (Å²) in [7, 11) is -2.40. The average molecular weight is 378 g/mol. The van der Waals surface area contributed by atoms with E-state index >= 15 is 0 Å². The highest BCUT2D eigenvalue weighted by Gasteiger charge is 2.26. The number of hydroxylamine groups is 1. The molecule has 130 valence electrons. The Kier molecular flexibility index (Phi) is 4.55. The lowest BCUT2D eigenvalue weighted by Crippen LogP contribution is -2.27. The predicted molar refractivity (Wildman–Crippen MR) is 92.3 cm³/mol. The standard InChI is InChI=1S/C16H14N2O5S2/c1-18(12-4-2-10(3-5-12)16(20)17-21)25(22,23)13-6-7-14-11(8-13)9-15(19)24-14/h2-8,21H,9H2,1H3,(H,17,20). The van der Waals surface area contributed by atoms with Gasteiger partial charge in [0.05, 0.1) is 10.6 Å². The fraction of sp³-hybridized carbons (Fsp3) is 0.125. The normalized spacial score (nSPS) is 13.4. The number of hydrogen-bond donors (Lipinski definition) is 2. The lowest BCUT2D eigenvalue weighted by atomic mass is 10.2. The molecule has 0 saturated carbocycles. The van der Waals surface area contributed by atoms with Gasteiger partial charge in [-0.2, -0.15) is 0 Å². The number of thioether (sulfide) groups is 1. The van der Waals surface area contributed by atoms with E-state index in [0.717, 1.165) is 21.0 Å². The van der Waals surface area contributed by atoms with Gasteiger partial charge in [0.2, 0.25) is 0 Å². The van der Waals surface area contributed by atoms with Crippen molar-refractivity contribution >= 4 is 38.5 Å². The molecular formula is C16H14N2O5S2. The second kappa shape index (κ2) is 6.51. The molecule has 1 amide bonds. The molecule has 0 aromatic heterocycles. The molecule has 1 aliphatic rings. The summed E-state index contributed by atoms with van der Waals surface area (Å²) in [6.07, 6.45) is 0.220. The Bertz CT molecular complexity index is 955. The molecule has 0 bridgehead atoms. The second-order valence-electron chi connectivity index (χ2n) is 5.38. The molecule has 0 fully saturated rings. The first-order chi connectivity index (χ1) is 11.8. The second-order valence-corrected chi connectivity index (χ2v) is 8.45. The maximum absolute atomic E-state index is 12.8. The summed E-state index contributed by atoms with van der Waals surface area (Å²) in [6.45, 7) is 0. The van der Waals surface area contributed by atoms with Crippen LogP contribution < -0.4 is 9.79 Å². The van der Waals surface area contributed by atoms with Crippen molar-refractivity contribution in [2.24, 2.45) is 0 Å². The van der Waals surface area contributed by atoms with Gasteiger partial charge in [0, 0.05) is 23.9 Å². The smallest absolute Gasteiger partial charge is 0.274 e. The molecule has 3 rings (SSSR count). The van der Waals surface area contributed by atoms with E-state index in [0.29, 0.717) is 11.3 Å². The lowest BCUT2D eigenvalue weighted by Gasteiger charge is -2.20. The van der Waals surface area contributed by atoms with Crippen molar-refractivity contribution in [3.05, 3.63) is 53.6 Å². The maximum Gasteiger partial charge on any atom is 0.274 e. The first kappa shape index (κ1) is 17.5. The first-order valence-corrected chi connectivity index (χ1v) is 9.45. The minimum atomic E-state index is -3.81. The van der Waals surface area contributed by atoms with Gasteiger partial charge in [-0.1, -0.05) is 11.8 Å². The Hall–Kier alpha value is -2.36. The van der Waals surface area contributed by atoms with Gasteiger partial charge < -0.3 is 0 Å². The van der Waals surface area contributed by atoms with Crippen LogP contribution in [0.2, 0.25) is 0 Å². The average Bonchev–Trinajstić information content (AvgIpc) is 2.99. The van der Waals surface area contributed by atoms with E-state index in [1.54, 1.807) is 6.07 Å². The SMILES string of the molecule is CN(c1ccc(C(=O)NO)cc1)S(=O)(=O)c1ccc2c(c1)CC(=O)S2. The third-order valence-electron chi connectivity index (χ3n) is 3.84. The van der Waals surface area contributed by atoms with Crippen LogP contribution in [0.1, 0.15) is 15.9 Å². The fourth-order valence-corrected chi connectivity index (χ4v) is 4.57. The van der Waals surface area contributed by atoms with Gasteiger partial charge in [-0.3, -0.25) is 19.1 Å². The topological polar surface area (TPSA) is 104 Å². The molecule has 0 spiro atoms. The van der Waals surface area contributed by atoms with E-state index in [4.69, 9.17) is 5.21 Å². The van der Waals surface area contributed by atoms with Crippen molar-refractivity contribution in [3.63, 3.8) is 0 Å². The Labute approximate surface area is 148 Å². The quantitative estimate of drug-likeness (QED) is 0.621. The Morgan fingerprint density at radius 3 is 2.52 bits per heavy atom. The van der Waals surface area contributed by atoms with Crippen molar-refractivity contribution < 1.29 is 23.2 Å². The largest absolute Gasteiger partial charge is 0.288 e. The zero-order valence-electron chi connectivity index (χ0n) is 13.1. The summed E-state index contributed by atoms with van der Waals surface area (Å²) >= 11 is 1.12. The number of rotatable bonds is 4. The van der Waals surface area contributed by atoms with Crippen LogP contribution in [0.4, 0.5) is 5.69 Å². The molecule has 0 atom stereocenters. The van der Waals surface area contributed by atoms with Crippen LogP contribution in [-0.2, 0) is 21.2 Å². The Balaban J connectivity index is 1.91. The summed E-state index contributed by atoms with van der Waals surface area (Å²) in [5.41, 5.74) is 2.78. The van der Waals surface area contributed by atoms with Crippen molar-refractivity contribution in [2.75, 3.05) is 11.4 Å². The van der Waals surface area contributed by atoms with Crippen molar-refractivity contribution in [1.82, 2.24) is 5.48 Å². The zero-order chi connectivity index (χ0) is 18.2. The minimum Gasteiger partial charge on any atom is -0.288 e. The number of benzene rings is 2. The van der Waals surface area contributed by atoms with Crippen LogP contribution >= 0.6 is 11.8 Å². The molecule has 1 aliphatic heterocycles. The van der Waals surface area contributed by atoms with Crippen molar-refractivity contribution in [3.8, 4) is 0 Å². The highest BCUT2D eigenvalue weighted by atomic mass is 32.2. The number of fused-ring (bicyclic) bond motifs is 1. The summed E-state index contributed by atoms with van der Waals surface area (Å²) in [5, 5.41) is 8.60. The van der Waals surface area contributed by atoms with Crippen LogP contribution in [0.25, 0.3) is 0 Å². The monoisotopic (exact) mass is 378 g/mol. The van der Waals surface area contributed by atoms with Gasteiger partial charge in [0.25, 0.3) is 15.9 Å². The fourth-order valence-electron chi connectivity index (χ4n) is 2.45. The van der Waals surface area contributed by atoms with Crippen LogP contribution in [0.5, 0.6) is 0 Å². The molecule has 0 aliphatic carbocycles. The summed E-state index contributed by atoms with van der Waals surface area (Å²) in [4.78, 5) is 23.7. The number of amides is 1. The number of carbonyl (C=O) groups is 2.